The molecule has 7 heteroatoms. The van der Waals surface area contributed by atoms with E-state index in [0.29, 0.717) is 5.56 Å². The number of rotatable bonds is 6. The van der Waals surface area contributed by atoms with Gasteiger partial charge in [0, 0.05) is 25.0 Å². The summed E-state index contributed by atoms with van der Waals surface area (Å²) in [7, 11) is -1.77. The highest BCUT2D eigenvalue weighted by molar-refractivity contribution is 7.89. The Hall–Kier alpha value is -1.11. The summed E-state index contributed by atoms with van der Waals surface area (Å²) in [6.07, 6.45) is 0. The second-order valence-electron chi connectivity index (χ2n) is 3.61. The molecule has 0 fully saturated rings. The van der Waals surface area contributed by atoms with Gasteiger partial charge in [0.1, 0.15) is 0 Å². The van der Waals surface area contributed by atoms with Crippen molar-refractivity contribution in [1.29, 1.82) is 0 Å². The molecule has 100 valence electrons. The van der Waals surface area contributed by atoms with E-state index in [9.17, 15) is 13.2 Å². The van der Waals surface area contributed by atoms with Crippen molar-refractivity contribution >= 4 is 27.5 Å². The average molecular weight is 291 g/mol. The van der Waals surface area contributed by atoms with E-state index in [1.165, 1.54) is 0 Å². The largest absolute Gasteiger partial charge is 0.355 e. The van der Waals surface area contributed by atoms with Gasteiger partial charge < -0.3 is 5.32 Å². The number of alkyl halides is 1. The number of carbonyl (C=O) groups is 1. The Morgan fingerprint density at radius 3 is 2.39 bits per heavy atom. The summed E-state index contributed by atoms with van der Waals surface area (Å²) in [5, 5.41) is 2.51. The molecule has 1 amide bonds. The third-order valence-corrected chi connectivity index (χ3v) is 4.02. The van der Waals surface area contributed by atoms with Crippen molar-refractivity contribution in [3.63, 3.8) is 0 Å². The lowest BCUT2D eigenvalue weighted by molar-refractivity contribution is 0.0963. The van der Waals surface area contributed by atoms with Crippen LogP contribution >= 0.6 is 11.6 Å². The lowest BCUT2D eigenvalue weighted by Gasteiger charge is -2.06. The maximum absolute atomic E-state index is 11.4. The van der Waals surface area contributed by atoms with Crippen LogP contribution < -0.4 is 10.0 Å². The van der Waals surface area contributed by atoms with Crippen LogP contribution in [0.2, 0.25) is 0 Å². The SMILES string of the molecule is CNC(=O)c1ccc(CNS(=O)(=O)CCCl)cc1. The fourth-order valence-corrected chi connectivity index (χ4v) is 2.63. The van der Waals surface area contributed by atoms with Crippen molar-refractivity contribution in [2.24, 2.45) is 0 Å². The molecule has 0 spiro atoms. The number of hydrogen-bond acceptors (Lipinski definition) is 3. The van der Waals surface area contributed by atoms with Crippen LogP contribution in [-0.4, -0.2) is 33.0 Å². The first-order valence-corrected chi connectivity index (χ1v) is 7.51. The van der Waals surface area contributed by atoms with Gasteiger partial charge in [0.2, 0.25) is 10.0 Å². The summed E-state index contributed by atoms with van der Waals surface area (Å²) in [6, 6.07) is 6.69. The van der Waals surface area contributed by atoms with Crippen LogP contribution in [0.3, 0.4) is 0 Å². The minimum atomic E-state index is -3.32. The molecule has 0 aliphatic heterocycles. The fraction of sp³-hybridized carbons (Fsp3) is 0.364. The Labute approximate surface area is 112 Å². The zero-order chi connectivity index (χ0) is 13.6. The number of amides is 1. The van der Waals surface area contributed by atoms with Crippen molar-refractivity contribution < 1.29 is 13.2 Å². The zero-order valence-corrected chi connectivity index (χ0v) is 11.5. The number of benzene rings is 1. The first-order chi connectivity index (χ1) is 8.48. The van der Waals surface area contributed by atoms with E-state index in [0.717, 1.165) is 5.56 Å². The van der Waals surface area contributed by atoms with Gasteiger partial charge in [-0.2, -0.15) is 0 Å². The van der Waals surface area contributed by atoms with Gasteiger partial charge >= 0.3 is 0 Å². The Balaban J connectivity index is 2.62. The Morgan fingerprint density at radius 2 is 1.89 bits per heavy atom. The monoisotopic (exact) mass is 290 g/mol. The van der Waals surface area contributed by atoms with Gasteiger partial charge in [0.25, 0.3) is 5.91 Å². The molecule has 0 bridgehead atoms. The van der Waals surface area contributed by atoms with E-state index >= 15 is 0 Å². The highest BCUT2D eigenvalue weighted by Gasteiger charge is 2.09. The normalized spacial score (nSPS) is 11.2. The maximum Gasteiger partial charge on any atom is 0.251 e. The van der Waals surface area contributed by atoms with E-state index < -0.39 is 10.0 Å². The van der Waals surface area contributed by atoms with Gasteiger partial charge in [-0.05, 0) is 17.7 Å². The van der Waals surface area contributed by atoms with Gasteiger partial charge in [-0.1, -0.05) is 12.1 Å². The van der Waals surface area contributed by atoms with Crippen LogP contribution in [0.1, 0.15) is 15.9 Å². The summed E-state index contributed by atoms with van der Waals surface area (Å²) >= 11 is 5.38. The fourth-order valence-electron chi connectivity index (χ4n) is 1.29. The summed E-state index contributed by atoms with van der Waals surface area (Å²) < 4.78 is 25.2. The number of halogens is 1. The lowest BCUT2D eigenvalue weighted by Crippen LogP contribution is -2.26. The number of hydrogen-bond donors (Lipinski definition) is 2. The number of nitrogens with one attached hydrogen (secondary N) is 2. The molecule has 5 nitrogen and oxygen atoms in total. The minimum Gasteiger partial charge on any atom is -0.355 e. The molecule has 0 saturated heterocycles. The van der Waals surface area contributed by atoms with Crippen molar-refractivity contribution in [2.75, 3.05) is 18.7 Å². The molecule has 0 heterocycles. The standard InChI is InChI=1S/C11H15ClN2O3S/c1-13-11(15)10-4-2-9(3-5-10)8-14-18(16,17)7-6-12/h2-5,14H,6-8H2,1H3,(H,13,15). The van der Waals surface area contributed by atoms with E-state index in [-0.39, 0.29) is 24.1 Å². The van der Waals surface area contributed by atoms with Gasteiger partial charge in [-0.3, -0.25) is 4.79 Å². The first kappa shape index (κ1) is 14.9. The Morgan fingerprint density at radius 1 is 1.28 bits per heavy atom. The Bertz CT molecular complexity index is 500. The second-order valence-corrected chi connectivity index (χ2v) is 5.91. The van der Waals surface area contributed by atoms with Crippen LogP contribution in [0.4, 0.5) is 0 Å². The van der Waals surface area contributed by atoms with Gasteiger partial charge in [0.15, 0.2) is 0 Å². The third kappa shape index (κ3) is 4.64. The Kier molecular flexibility index (Phi) is 5.58. The molecular formula is C11H15ClN2O3S. The summed E-state index contributed by atoms with van der Waals surface area (Å²) in [4.78, 5) is 11.3. The third-order valence-electron chi connectivity index (χ3n) is 2.29. The van der Waals surface area contributed by atoms with Crippen LogP contribution in [-0.2, 0) is 16.6 Å². The molecule has 0 unspecified atom stereocenters. The lowest BCUT2D eigenvalue weighted by atomic mass is 10.1. The van der Waals surface area contributed by atoms with Crippen LogP contribution in [0.15, 0.2) is 24.3 Å². The molecule has 1 aromatic rings. The molecule has 18 heavy (non-hydrogen) atoms. The number of sulfonamides is 1. The van der Waals surface area contributed by atoms with Crippen molar-refractivity contribution in [2.45, 2.75) is 6.54 Å². The maximum atomic E-state index is 11.4. The van der Waals surface area contributed by atoms with Crippen molar-refractivity contribution in [1.82, 2.24) is 10.0 Å². The predicted octanol–water partition coefficient (Wildman–Crippen LogP) is 0.704. The smallest absolute Gasteiger partial charge is 0.251 e. The highest BCUT2D eigenvalue weighted by Crippen LogP contribution is 2.04. The van der Waals surface area contributed by atoms with E-state index in [1.54, 1.807) is 31.3 Å². The molecule has 0 aliphatic carbocycles. The summed E-state index contributed by atoms with van der Waals surface area (Å²) in [5.74, 6) is -0.222. The highest BCUT2D eigenvalue weighted by atomic mass is 35.5. The van der Waals surface area contributed by atoms with E-state index in [4.69, 9.17) is 11.6 Å². The molecule has 2 N–H and O–H groups in total. The molecule has 0 aromatic heterocycles. The predicted molar refractivity (Wildman–Crippen MR) is 71.2 cm³/mol. The minimum absolute atomic E-state index is 0.0605. The van der Waals surface area contributed by atoms with E-state index in [2.05, 4.69) is 10.0 Å². The molecule has 1 aromatic carbocycles. The second kappa shape index (κ2) is 6.72. The molecule has 0 atom stereocenters. The molecular weight excluding hydrogens is 276 g/mol. The molecule has 0 saturated carbocycles. The average Bonchev–Trinajstić information content (AvgIpc) is 2.36. The quantitative estimate of drug-likeness (QED) is 0.758. The van der Waals surface area contributed by atoms with Crippen LogP contribution in [0.25, 0.3) is 0 Å². The van der Waals surface area contributed by atoms with Crippen LogP contribution in [0, 0.1) is 0 Å². The van der Waals surface area contributed by atoms with Gasteiger partial charge in [-0.25, -0.2) is 13.1 Å². The van der Waals surface area contributed by atoms with Crippen molar-refractivity contribution in [3.05, 3.63) is 35.4 Å². The van der Waals surface area contributed by atoms with Crippen LogP contribution in [0.5, 0.6) is 0 Å². The molecule has 0 radical (unpaired) electrons. The zero-order valence-electron chi connectivity index (χ0n) is 9.94. The summed E-state index contributed by atoms with van der Waals surface area (Å²) in [5.41, 5.74) is 1.31. The van der Waals surface area contributed by atoms with Crippen molar-refractivity contribution in [3.8, 4) is 0 Å². The topological polar surface area (TPSA) is 75.3 Å². The van der Waals surface area contributed by atoms with E-state index in [1.807, 2.05) is 0 Å². The molecule has 0 aliphatic rings. The summed E-state index contributed by atoms with van der Waals surface area (Å²) in [6.45, 7) is 0.188. The number of carbonyl (C=O) groups excluding carboxylic acids is 1. The molecule has 1 rings (SSSR count). The van der Waals surface area contributed by atoms with Gasteiger partial charge in [0.05, 0.1) is 5.75 Å². The van der Waals surface area contributed by atoms with Gasteiger partial charge in [-0.15, -0.1) is 11.6 Å². The first-order valence-electron chi connectivity index (χ1n) is 5.33.